The number of hydrogen-bond donors (Lipinski definition) is 2. The number of quaternary nitrogens is 1. The monoisotopic (exact) mass is 416 g/mol. The number of fused-ring (bicyclic) bond motifs is 1. The first-order chi connectivity index (χ1) is 14.0. The molecule has 3 aromatic rings. The normalized spacial score (nSPS) is 20.5. The summed E-state index contributed by atoms with van der Waals surface area (Å²) in [5, 5.41) is 3.94. The number of nitrogens with one attached hydrogen (secondary N) is 2. The summed E-state index contributed by atoms with van der Waals surface area (Å²) in [6, 6.07) is 11.2. The lowest BCUT2D eigenvalue weighted by molar-refractivity contribution is -0.929. The summed E-state index contributed by atoms with van der Waals surface area (Å²) in [4.78, 5) is 18.7. The van der Waals surface area contributed by atoms with E-state index in [9.17, 15) is 13.6 Å². The van der Waals surface area contributed by atoms with Gasteiger partial charge < -0.3 is 10.2 Å². The van der Waals surface area contributed by atoms with E-state index in [2.05, 4.69) is 11.4 Å². The van der Waals surface area contributed by atoms with Gasteiger partial charge in [0.2, 0.25) is 0 Å². The Labute approximate surface area is 172 Å². The first-order valence-electron chi connectivity index (χ1n) is 9.95. The minimum Gasteiger partial charge on any atom is -0.345 e. The first-order valence-corrected chi connectivity index (χ1v) is 10.8. The number of carbonyl (C=O) groups is 1. The van der Waals surface area contributed by atoms with Crippen LogP contribution in [-0.4, -0.2) is 24.0 Å². The standard InChI is InChI=1S/C22H23F2N3OS/c1-14(16-10-9-15(23)12-17(16)24)25-21(28)13-27-11-5-4-7-19(27)22-26-18-6-2-3-8-20(18)29-22/h2-3,6,8-10,12,14,19H,4-5,7,11,13H2,1H3,(H,25,28)/p+1/t14-,19-/m1/s1. The van der Waals surface area contributed by atoms with Crippen LogP contribution >= 0.6 is 11.3 Å². The number of halogens is 2. The van der Waals surface area contributed by atoms with E-state index in [4.69, 9.17) is 4.98 Å². The van der Waals surface area contributed by atoms with Crippen molar-refractivity contribution in [1.29, 1.82) is 0 Å². The molecule has 0 aliphatic carbocycles. The quantitative estimate of drug-likeness (QED) is 0.668. The summed E-state index contributed by atoms with van der Waals surface area (Å²) < 4.78 is 28.3. The molecule has 4 nitrogen and oxygen atoms in total. The SMILES string of the molecule is C[C@@H](NC(=O)C[NH+]1CCCC[C@@H]1c1nc2ccccc2s1)c1ccc(F)cc1F. The molecule has 4 rings (SSSR count). The van der Waals surface area contributed by atoms with Crippen molar-refractivity contribution in [3.63, 3.8) is 0 Å². The van der Waals surface area contributed by atoms with Crippen LogP contribution in [0, 0.1) is 11.6 Å². The summed E-state index contributed by atoms with van der Waals surface area (Å²) in [6.45, 7) is 2.94. The van der Waals surface area contributed by atoms with E-state index in [1.807, 2.05) is 18.2 Å². The summed E-state index contributed by atoms with van der Waals surface area (Å²) in [5.41, 5.74) is 1.29. The van der Waals surface area contributed by atoms with Crippen LogP contribution in [0.25, 0.3) is 10.2 Å². The molecule has 1 aliphatic rings. The van der Waals surface area contributed by atoms with Crippen LogP contribution < -0.4 is 10.2 Å². The van der Waals surface area contributed by atoms with E-state index < -0.39 is 17.7 Å². The van der Waals surface area contributed by atoms with Crippen molar-refractivity contribution in [1.82, 2.24) is 10.3 Å². The Balaban J connectivity index is 1.45. The summed E-state index contributed by atoms with van der Waals surface area (Å²) in [5.74, 6) is -1.40. The van der Waals surface area contributed by atoms with Gasteiger partial charge in [-0.1, -0.05) is 18.2 Å². The number of aromatic nitrogens is 1. The van der Waals surface area contributed by atoms with E-state index in [-0.39, 0.29) is 17.5 Å². The van der Waals surface area contributed by atoms with Crippen molar-refractivity contribution in [3.8, 4) is 0 Å². The fourth-order valence-electron chi connectivity index (χ4n) is 4.06. The van der Waals surface area contributed by atoms with E-state index in [1.54, 1.807) is 18.3 Å². The summed E-state index contributed by atoms with van der Waals surface area (Å²) in [6.07, 6.45) is 3.21. The molecule has 0 spiro atoms. The van der Waals surface area contributed by atoms with Gasteiger partial charge in [0.15, 0.2) is 11.6 Å². The smallest absolute Gasteiger partial charge is 0.275 e. The fourth-order valence-corrected chi connectivity index (χ4v) is 5.22. The number of benzene rings is 2. The van der Waals surface area contributed by atoms with E-state index in [0.717, 1.165) is 47.1 Å². The predicted molar refractivity (Wildman–Crippen MR) is 110 cm³/mol. The highest BCUT2D eigenvalue weighted by Crippen LogP contribution is 2.28. The number of rotatable bonds is 5. The Hall–Kier alpha value is -2.38. The Morgan fingerprint density at radius 1 is 1.28 bits per heavy atom. The van der Waals surface area contributed by atoms with Gasteiger partial charge in [0, 0.05) is 18.1 Å². The Bertz CT molecular complexity index is 989. The topological polar surface area (TPSA) is 46.4 Å². The zero-order chi connectivity index (χ0) is 20.4. The number of hydrogen-bond acceptors (Lipinski definition) is 3. The molecule has 2 heterocycles. The number of nitrogens with zero attached hydrogens (tertiary/aromatic N) is 1. The number of thiazole rings is 1. The molecule has 2 N–H and O–H groups in total. The third-order valence-corrected chi connectivity index (χ3v) is 6.69. The van der Waals surface area contributed by atoms with Gasteiger partial charge in [-0.25, -0.2) is 13.8 Å². The molecule has 0 bridgehead atoms. The molecule has 1 aromatic heterocycles. The third-order valence-electron chi connectivity index (χ3n) is 5.54. The van der Waals surface area contributed by atoms with Crippen LogP contribution in [0.4, 0.5) is 8.78 Å². The number of para-hydroxylation sites is 1. The number of carbonyl (C=O) groups excluding carboxylic acids is 1. The molecule has 1 saturated heterocycles. The highest BCUT2D eigenvalue weighted by molar-refractivity contribution is 7.18. The number of likely N-dealkylation sites (tertiary alicyclic amines) is 1. The molecule has 1 fully saturated rings. The molecule has 29 heavy (non-hydrogen) atoms. The van der Waals surface area contributed by atoms with Gasteiger partial charge in [-0.2, -0.15) is 0 Å². The van der Waals surface area contributed by atoms with Crippen LogP contribution in [-0.2, 0) is 4.79 Å². The Kier molecular flexibility index (Phi) is 5.87. The Morgan fingerprint density at radius 3 is 2.90 bits per heavy atom. The molecule has 7 heteroatoms. The lowest BCUT2D eigenvalue weighted by Crippen LogP contribution is -3.14. The first kappa shape index (κ1) is 19.9. The largest absolute Gasteiger partial charge is 0.345 e. The van der Waals surface area contributed by atoms with Crippen molar-refractivity contribution in [2.45, 2.75) is 38.3 Å². The minimum atomic E-state index is -0.643. The van der Waals surface area contributed by atoms with Crippen LogP contribution in [0.2, 0.25) is 0 Å². The molecule has 1 unspecified atom stereocenters. The van der Waals surface area contributed by atoms with Crippen LogP contribution in [0.1, 0.15) is 48.8 Å². The van der Waals surface area contributed by atoms with Crippen molar-refractivity contribution in [2.75, 3.05) is 13.1 Å². The average molecular weight is 417 g/mol. The van der Waals surface area contributed by atoms with Gasteiger partial charge in [-0.15, -0.1) is 11.3 Å². The van der Waals surface area contributed by atoms with Crippen molar-refractivity contribution in [3.05, 3.63) is 64.7 Å². The van der Waals surface area contributed by atoms with E-state index in [0.29, 0.717) is 6.54 Å². The second-order valence-corrected chi connectivity index (χ2v) is 8.67. The lowest BCUT2D eigenvalue weighted by Gasteiger charge is -2.31. The average Bonchev–Trinajstić information content (AvgIpc) is 3.12. The van der Waals surface area contributed by atoms with Gasteiger partial charge in [0.05, 0.1) is 22.8 Å². The van der Waals surface area contributed by atoms with Crippen LogP contribution in [0.5, 0.6) is 0 Å². The van der Waals surface area contributed by atoms with E-state index in [1.165, 1.54) is 17.0 Å². The third kappa shape index (κ3) is 4.46. The van der Waals surface area contributed by atoms with Gasteiger partial charge in [-0.05, 0) is 38.0 Å². The molecule has 0 saturated carbocycles. The maximum atomic E-state index is 14.0. The molecular weight excluding hydrogens is 392 g/mol. The van der Waals surface area contributed by atoms with Crippen molar-refractivity contribution >= 4 is 27.5 Å². The maximum Gasteiger partial charge on any atom is 0.275 e. The highest BCUT2D eigenvalue weighted by Gasteiger charge is 2.32. The molecule has 0 radical (unpaired) electrons. The van der Waals surface area contributed by atoms with E-state index >= 15 is 0 Å². The zero-order valence-corrected chi connectivity index (χ0v) is 17.1. The molecule has 1 amide bonds. The highest BCUT2D eigenvalue weighted by atomic mass is 32.1. The van der Waals surface area contributed by atoms with Gasteiger partial charge in [0.1, 0.15) is 17.7 Å². The number of piperidine rings is 1. The summed E-state index contributed by atoms with van der Waals surface area (Å²) in [7, 11) is 0. The van der Waals surface area contributed by atoms with Crippen LogP contribution in [0.3, 0.4) is 0 Å². The fraction of sp³-hybridized carbons (Fsp3) is 0.364. The minimum absolute atomic E-state index is 0.135. The van der Waals surface area contributed by atoms with Gasteiger partial charge >= 0.3 is 0 Å². The van der Waals surface area contributed by atoms with Crippen LogP contribution in [0.15, 0.2) is 42.5 Å². The molecule has 3 atom stereocenters. The predicted octanol–water partition coefficient (Wildman–Crippen LogP) is 3.56. The second kappa shape index (κ2) is 8.55. The lowest BCUT2D eigenvalue weighted by atomic mass is 10.0. The molecular formula is C22H24F2N3OS+. The van der Waals surface area contributed by atoms with Crippen molar-refractivity contribution < 1.29 is 18.5 Å². The second-order valence-electron chi connectivity index (χ2n) is 7.61. The number of amides is 1. The van der Waals surface area contributed by atoms with Gasteiger partial charge in [0.25, 0.3) is 5.91 Å². The van der Waals surface area contributed by atoms with Crippen molar-refractivity contribution in [2.24, 2.45) is 0 Å². The summed E-state index contributed by atoms with van der Waals surface area (Å²) >= 11 is 1.70. The zero-order valence-electron chi connectivity index (χ0n) is 16.3. The molecule has 152 valence electrons. The Morgan fingerprint density at radius 2 is 2.10 bits per heavy atom. The van der Waals surface area contributed by atoms with Gasteiger partial charge in [-0.3, -0.25) is 4.79 Å². The molecule has 2 aromatic carbocycles. The molecule has 1 aliphatic heterocycles. The maximum absolute atomic E-state index is 14.0.